The van der Waals surface area contributed by atoms with Crippen molar-refractivity contribution in [2.24, 2.45) is 0 Å². The van der Waals surface area contributed by atoms with Gasteiger partial charge in [0, 0.05) is 18.9 Å². The molecule has 0 saturated carbocycles. The van der Waals surface area contributed by atoms with E-state index < -0.39 is 18.1 Å². The smallest absolute Gasteiger partial charge is 0.410 e. The first-order chi connectivity index (χ1) is 12.2. The molecule has 142 valence electrons. The Morgan fingerprint density at radius 1 is 1.35 bits per heavy atom. The Hall–Kier alpha value is -2.45. The van der Waals surface area contributed by atoms with Crippen LogP contribution in [0.25, 0.3) is 5.65 Å². The van der Waals surface area contributed by atoms with Gasteiger partial charge in [-0.15, -0.1) is 0 Å². The van der Waals surface area contributed by atoms with Crippen molar-refractivity contribution in [2.75, 3.05) is 13.1 Å². The summed E-state index contributed by atoms with van der Waals surface area (Å²) in [6.45, 7) is 6.37. The van der Waals surface area contributed by atoms with E-state index in [9.17, 15) is 13.6 Å². The number of rotatable bonds is 3. The van der Waals surface area contributed by atoms with Crippen LogP contribution in [0.3, 0.4) is 0 Å². The minimum atomic E-state index is -2.64. The molecule has 3 rings (SSSR count). The van der Waals surface area contributed by atoms with E-state index in [-0.39, 0.29) is 23.3 Å². The molecule has 1 aliphatic rings. The number of likely N-dealkylation sites (tertiary alicyclic amines) is 1. The third-order valence-corrected chi connectivity index (χ3v) is 3.96. The van der Waals surface area contributed by atoms with E-state index >= 15 is 0 Å². The van der Waals surface area contributed by atoms with Crippen molar-refractivity contribution < 1.29 is 23.0 Å². The third kappa shape index (κ3) is 4.03. The van der Waals surface area contributed by atoms with Gasteiger partial charge in [-0.25, -0.2) is 23.5 Å². The lowest BCUT2D eigenvalue weighted by Crippen LogP contribution is -2.46. The fourth-order valence-electron chi connectivity index (χ4n) is 2.84. The third-order valence-electron chi connectivity index (χ3n) is 3.96. The largest absolute Gasteiger partial charge is 0.470 e. The van der Waals surface area contributed by atoms with Crippen LogP contribution in [0, 0.1) is 0 Å². The number of carbonyl (C=O) groups excluding carboxylic acids is 1. The molecule has 1 fully saturated rings. The maximum absolute atomic E-state index is 13.0. The van der Waals surface area contributed by atoms with Gasteiger partial charge >= 0.3 is 6.09 Å². The Balaban J connectivity index is 1.73. The molecule has 9 heteroatoms. The monoisotopic (exact) mass is 368 g/mol. The fraction of sp³-hybridized carbons (Fsp3) is 0.588. The van der Waals surface area contributed by atoms with Gasteiger partial charge in [0.1, 0.15) is 17.4 Å². The van der Waals surface area contributed by atoms with Crippen LogP contribution in [0.1, 0.15) is 45.7 Å². The lowest BCUT2D eigenvalue weighted by molar-refractivity contribution is 0.00735. The number of aromatic nitrogens is 3. The molecule has 0 N–H and O–H groups in total. The summed E-state index contributed by atoms with van der Waals surface area (Å²) in [5, 5.41) is 0. The number of halogens is 2. The lowest BCUT2D eigenvalue weighted by atomic mass is 10.1. The summed E-state index contributed by atoms with van der Waals surface area (Å²) < 4.78 is 38.6. The van der Waals surface area contributed by atoms with Crippen LogP contribution in [-0.4, -0.2) is 50.2 Å². The maximum Gasteiger partial charge on any atom is 0.410 e. The number of nitrogens with zero attached hydrogens (tertiary/aromatic N) is 4. The van der Waals surface area contributed by atoms with Gasteiger partial charge in [-0.05, 0) is 33.6 Å². The molecule has 1 aliphatic heterocycles. The van der Waals surface area contributed by atoms with Gasteiger partial charge in [-0.3, -0.25) is 4.40 Å². The van der Waals surface area contributed by atoms with Gasteiger partial charge in [0.2, 0.25) is 5.65 Å². The predicted octanol–water partition coefficient (Wildman–Crippen LogP) is 3.45. The van der Waals surface area contributed by atoms with Gasteiger partial charge < -0.3 is 14.4 Å². The zero-order valence-electron chi connectivity index (χ0n) is 15.0. The highest BCUT2D eigenvalue weighted by Gasteiger charge is 2.29. The summed E-state index contributed by atoms with van der Waals surface area (Å²) >= 11 is 0. The van der Waals surface area contributed by atoms with Crippen molar-refractivity contribution in [1.82, 2.24) is 19.3 Å². The number of amides is 1. The van der Waals surface area contributed by atoms with Crippen LogP contribution in [0.2, 0.25) is 0 Å². The van der Waals surface area contributed by atoms with Crippen molar-refractivity contribution in [3.8, 4) is 5.88 Å². The van der Waals surface area contributed by atoms with Crippen LogP contribution in [0.15, 0.2) is 18.6 Å². The molecule has 2 aromatic heterocycles. The molecule has 3 heterocycles. The molecule has 0 aliphatic carbocycles. The van der Waals surface area contributed by atoms with E-state index in [0.29, 0.717) is 13.1 Å². The molecule has 1 saturated heterocycles. The summed E-state index contributed by atoms with van der Waals surface area (Å²) in [4.78, 5) is 21.9. The second kappa shape index (κ2) is 7.05. The topological polar surface area (TPSA) is 69.0 Å². The molecule has 26 heavy (non-hydrogen) atoms. The number of hydrogen-bond acceptors (Lipinski definition) is 5. The minimum Gasteiger partial charge on any atom is -0.470 e. The van der Waals surface area contributed by atoms with Crippen molar-refractivity contribution in [2.45, 2.75) is 51.7 Å². The van der Waals surface area contributed by atoms with E-state index in [2.05, 4.69) is 9.97 Å². The molecule has 1 unspecified atom stereocenters. The average Bonchev–Trinajstić information content (AvgIpc) is 2.99. The maximum atomic E-state index is 13.0. The number of hydrogen-bond donors (Lipinski definition) is 0. The number of carbonyl (C=O) groups is 1. The first kappa shape index (κ1) is 18.3. The molecule has 0 spiro atoms. The predicted molar refractivity (Wildman–Crippen MR) is 89.4 cm³/mol. The average molecular weight is 368 g/mol. The standard InChI is InChI=1S/C17H22F2N4O3/c1-17(2,3)26-16(24)22-7-4-5-11(10-22)25-15-14-21-9-12(13(18)19)23(14)8-6-20-15/h6,8-9,11,13H,4-5,7,10H2,1-3H3. The molecule has 0 aromatic carbocycles. The van der Waals surface area contributed by atoms with Crippen molar-refractivity contribution in [1.29, 1.82) is 0 Å². The second-order valence-corrected chi connectivity index (χ2v) is 7.22. The first-order valence-corrected chi connectivity index (χ1v) is 8.49. The van der Waals surface area contributed by atoms with Crippen molar-refractivity contribution in [3.63, 3.8) is 0 Å². The number of alkyl halides is 2. The number of piperidine rings is 1. The molecule has 1 atom stereocenters. The highest BCUT2D eigenvalue weighted by atomic mass is 19.3. The van der Waals surface area contributed by atoms with Gasteiger partial charge in [-0.1, -0.05) is 0 Å². The van der Waals surface area contributed by atoms with E-state index in [1.165, 1.54) is 16.8 Å². The summed E-state index contributed by atoms with van der Waals surface area (Å²) in [7, 11) is 0. The van der Waals surface area contributed by atoms with Gasteiger partial charge in [0.05, 0.1) is 12.7 Å². The van der Waals surface area contributed by atoms with Crippen LogP contribution in [-0.2, 0) is 4.74 Å². The second-order valence-electron chi connectivity index (χ2n) is 7.22. The molecule has 0 radical (unpaired) electrons. The summed E-state index contributed by atoms with van der Waals surface area (Å²) in [6, 6.07) is 0. The number of ether oxygens (including phenoxy) is 2. The highest BCUT2D eigenvalue weighted by molar-refractivity contribution is 5.68. The number of fused-ring (bicyclic) bond motifs is 1. The fourth-order valence-corrected chi connectivity index (χ4v) is 2.84. The zero-order valence-corrected chi connectivity index (χ0v) is 15.0. The lowest BCUT2D eigenvalue weighted by Gasteiger charge is -2.33. The SMILES string of the molecule is CC(C)(C)OC(=O)N1CCCC(Oc2nccn3c(C(F)F)cnc23)C1. The Bertz CT molecular complexity index is 788. The summed E-state index contributed by atoms with van der Waals surface area (Å²) in [5.41, 5.74) is -0.553. The van der Waals surface area contributed by atoms with Gasteiger partial charge in [0.25, 0.3) is 12.3 Å². The van der Waals surface area contributed by atoms with E-state index in [1.807, 2.05) is 20.8 Å². The van der Waals surface area contributed by atoms with Crippen molar-refractivity contribution >= 4 is 11.7 Å². The first-order valence-electron chi connectivity index (χ1n) is 8.49. The van der Waals surface area contributed by atoms with E-state index in [1.54, 1.807) is 4.90 Å². The van der Waals surface area contributed by atoms with Crippen LogP contribution in [0.4, 0.5) is 13.6 Å². The Labute approximate surface area is 149 Å². The Morgan fingerprint density at radius 2 is 2.12 bits per heavy atom. The Kier molecular flexibility index (Phi) is 4.97. The van der Waals surface area contributed by atoms with Gasteiger partial charge in [-0.2, -0.15) is 0 Å². The van der Waals surface area contributed by atoms with Crippen LogP contribution < -0.4 is 4.74 Å². The van der Waals surface area contributed by atoms with Gasteiger partial charge in [0.15, 0.2) is 0 Å². The van der Waals surface area contributed by atoms with Crippen molar-refractivity contribution in [3.05, 3.63) is 24.3 Å². The Morgan fingerprint density at radius 3 is 2.81 bits per heavy atom. The number of imidazole rings is 1. The van der Waals surface area contributed by atoms with E-state index in [4.69, 9.17) is 9.47 Å². The summed E-state index contributed by atoms with van der Waals surface area (Å²) in [6.07, 6.45) is 2.07. The molecule has 7 nitrogen and oxygen atoms in total. The zero-order chi connectivity index (χ0) is 18.9. The molecular formula is C17H22F2N4O3. The quantitative estimate of drug-likeness (QED) is 0.830. The van der Waals surface area contributed by atoms with Crippen LogP contribution in [0.5, 0.6) is 5.88 Å². The molecule has 2 aromatic rings. The van der Waals surface area contributed by atoms with Crippen LogP contribution >= 0.6 is 0 Å². The summed E-state index contributed by atoms with van der Waals surface area (Å²) in [5.74, 6) is 0.176. The van der Waals surface area contributed by atoms with E-state index in [0.717, 1.165) is 19.0 Å². The normalized spacial score (nSPS) is 18.4. The molecule has 1 amide bonds. The molecule has 0 bridgehead atoms. The minimum absolute atomic E-state index is 0.176. The molecular weight excluding hydrogens is 346 g/mol. The highest BCUT2D eigenvalue weighted by Crippen LogP contribution is 2.25.